The number of hydrogen-bond acceptors (Lipinski definition) is 3. The summed E-state index contributed by atoms with van der Waals surface area (Å²) in [4.78, 5) is 30.0. The van der Waals surface area contributed by atoms with E-state index in [1.165, 1.54) is 6.42 Å². The van der Waals surface area contributed by atoms with Crippen LogP contribution >= 0.6 is 11.6 Å². The molecule has 0 unspecified atom stereocenters. The van der Waals surface area contributed by atoms with E-state index >= 15 is 0 Å². The molecule has 2 aliphatic rings. The number of amides is 1. The van der Waals surface area contributed by atoms with E-state index in [2.05, 4.69) is 4.98 Å². The molecule has 0 spiro atoms. The van der Waals surface area contributed by atoms with Crippen molar-refractivity contribution >= 4 is 17.5 Å². The van der Waals surface area contributed by atoms with Gasteiger partial charge < -0.3 is 14.6 Å². The maximum Gasteiger partial charge on any atom is 0.261 e. The highest BCUT2D eigenvalue weighted by molar-refractivity contribution is 6.32. The van der Waals surface area contributed by atoms with Crippen molar-refractivity contribution in [1.82, 2.24) is 9.88 Å². The molecule has 1 aromatic heterocycles. The van der Waals surface area contributed by atoms with Crippen LogP contribution in [0.2, 0.25) is 5.02 Å². The molecule has 24 heavy (non-hydrogen) atoms. The van der Waals surface area contributed by atoms with Crippen molar-refractivity contribution in [1.29, 1.82) is 0 Å². The summed E-state index contributed by atoms with van der Waals surface area (Å²) >= 11 is 6.25. The smallest absolute Gasteiger partial charge is 0.261 e. The van der Waals surface area contributed by atoms with Gasteiger partial charge in [-0.2, -0.15) is 0 Å². The van der Waals surface area contributed by atoms with Gasteiger partial charge >= 0.3 is 0 Å². The van der Waals surface area contributed by atoms with E-state index in [0.717, 1.165) is 32.3 Å². The molecule has 1 aliphatic carbocycles. The minimum atomic E-state index is -0.356. The van der Waals surface area contributed by atoms with Gasteiger partial charge in [0, 0.05) is 25.4 Å². The van der Waals surface area contributed by atoms with Crippen LogP contribution in [0.5, 0.6) is 0 Å². The number of pyridine rings is 1. The van der Waals surface area contributed by atoms with Crippen molar-refractivity contribution in [3.8, 4) is 0 Å². The summed E-state index contributed by atoms with van der Waals surface area (Å²) in [6.45, 7) is 5.49. The standard InChI is InChI=1S/C18H25ClN2O3/c1-11-15(17(22)20-12(2)16(11)19)18(23)21(9-13-5-3-6-13)10-14-7-4-8-24-14/h13-14H,3-10H2,1-2H3,(H,20,22)/t14-/m1/s1. The number of ether oxygens (including phenoxy) is 1. The number of nitrogens with zero attached hydrogens (tertiary/aromatic N) is 1. The maximum atomic E-state index is 13.1. The van der Waals surface area contributed by atoms with Crippen molar-refractivity contribution in [3.05, 3.63) is 32.2 Å². The highest BCUT2D eigenvalue weighted by Gasteiger charge is 2.30. The van der Waals surface area contributed by atoms with E-state index in [4.69, 9.17) is 16.3 Å². The van der Waals surface area contributed by atoms with Gasteiger partial charge in [-0.15, -0.1) is 0 Å². The molecule has 6 heteroatoms. The molecule has 1 aliphatic heterocycles. The number of carbonyl (C=O) groups is 1. The van der Waals surface area contributed by atoms with Crippen LogP contribution in [0.3, 0.4) is 0 Å². The second-order valence-electron chi connectivity index (χ2n) is 7.04. The summed E-state index contributed by atoms with van der Waals surface area (Å²) < 4.78 is 5.70. The molecule has 1 N–H and O–H groups in total. The first-order valence-electron chi connectivity index (χ1n) is 8.77. The number of nitrogens with one attached hydrogen (secondary N) is 1. The van der Waals surface area contributed by atoms with Crippen molar-refractivity contribution < 1.29 is 9.53 Å². The number of hydrogen-bond donors (Lipinski definition) is 1. The lowest BCUT2D eigenvalue weighted by Crippen LogP contribution is -2.44. The highest BCUT2D eigenvalue weighted by atomic mass is 35.5. The fourth-order valence-corrected chi connectivity index (χ4v) is 3.67. The van der Waals surface area contributed by atoms with Gasteiger partial charge in [-0.25, -0.2) is 0 Å². The third kappa shape index (κ3) is 3.52. The maximum absolute atomic E-state index is 13.1. The van der Waals surface area contributed by atoms with Gasteiger partial charge in [0.1, 0.15) is 5.56 Å². The Morgan fingerprint density at radius 1 is 1.25 bits per heavy atom. The molecule has 5 nitrogen and oxygen atoms in total. The number of carbonyl (C=O) groups excluding carboxylic acids is 1. The Labute approximate surface area is 147 Å². The molecule has 0 radical (unpaired) electrons. The Balaban J connectivity index is 1.87. The summed E-state index contributed by atoms with van der Waals surface area (Å²) in [6.07, 6.45) is 5.61. The van der Waals surface area contributed by atoms with Crippen LogP contribution < -0.4 is 5.56 Å². The van der Waals surface area contributed by atoms with Gasteiger partial charge in [0.2, 0.25) is 0 Å². The molecule has 0 bridgehead atoms. The van der Waals surface area contributed by atoms with E-state index in [1.54, 1.807) is 13.8 Å². The van der Waals surface area contributed by atoms with Crippen LogP contribution in [0.1, 0.15) is 53.7 Å². The molecular formula is C18H25ClN2O3. The van der Waals surface area contributed by atoms with Crippen molar-refractivity contribution in [3.63, 3.8) is 0 Å². The van der Waals surface area contributed by atoms with E-state index in [1.807, 2.05) is 4.90 Å². The summed E-state index contributed by atoms with van der Waals surface area (Å²) in [6, 6.07) is 0. The first-order chi connectivity index (χ1) is 11.5. The van der Waals surface area contributed by atoms with E-state index in [0.29, 0.717) is 35.3 Å². The highest BCUT2D eigenvalue weighted by Crippen LogP contribution is 2.29. The van der Waals surface area contributed by atoms with Crippen LogP contribution in [0.15, 0.2) is 4.79 Å². The van der Waals surface area contributed by atoms with Crippen LogP contribution in [-0.4, -0.2) is 41.6 Å². The molecule has 0 aromatic carbocycles. The molecule has 2 fully saturated rings. The average molecular weight is 353 g/mol. The van der Waals surface area contributed by atoms with Crippen LogP contribution in [-0.2, 0) is 4.74 Å². The van der Waals surface area contributed by atoms with Crippen molar-refractivity contribution in [2.45, 2.75) is 52.1 Å². The Morgan fingerprint density at radius 2 is 2.00 bits per heavy atom. The van der Waals surface area contributed by atoms with Gasteiger partial charge in [0.15, 0.2) is 0 Å². The van der Waals surface area contributed by atoms with Crippen LogP contribution in [0.25, 0.3) is 0 Å². The Morgan fingerprint density at radius 3 is 2.58 bits per heavy atom. The number of aryl methyl sites for hydroxylation is 1. The largest absolute Gasteiger partial charge is 0.376 e. The summed E-state index contributed by atoms with van der Waals surface area (Å²) in [5.41, 5.74) is 0.975. The minimum absolute atomic E-state index is 0.0781. The minimum Gasteiger partial charge on any atom is -0.376 e. The van der Waals surface area contributed by atoms with Crippen LogP contribution in [0, 0.1) is 19.8 Å². The lowest BCUT2D eigenvalue weighted by molar-refractivity contribution is 0.0446. The molecule has 2 heterocycles. The Kier molecular flexibility index (Phi) is 5.30. The molecular weight excluding hydrogens is 328 g/mol. The zero-order valence-corrected chi connectivity index (χ0v) is 15.1. The van der Waals surface area contributed by atoms with E-state index < -0.39 is 0 Å². The summed E-state index contributed by atoms with van der Waals surface area (Å²) in [7, 11) is 0. The fourth-order valence-electron chi connectivity index (χ4n) is 3.53. The van der Waals surface area contributed by atoms with E-state index in [9.17, 15) is 9.59 Å². The first kappa shape index (κ1) is 17.5. The lowest BCUT2D eigenvalue weighted by atomic mass is 9.85. The number of H-pyrrole nitrogens is 1. The fraction of sp³-hybridized carbons (Fsp3) is 0.667. The van der Waals surface area contributed by atoms with Gasteiger partial charge in [0.25, 0.3) is 11.5 Å². The third-order valence-corrected chi connectivity index (χ3v) is 5.78. The van der Waals surface area contributed by atoms with Gasteiger partial charge in [-0.1, -0.05) is 18.0 Å². The van der Waals surface area contributed by atoms with Gasteiger partial charge in [-0.05, 0) is 51.0 Å². The monoisotopic (exact) mass is 352 g/mol. The first-order valence-corrected chi connectivity index (χ1v) is 9.15. The molecule has 1 aromatic rings. The van der Waals surface area contributed by atoms with Crippen molar-refractivity contribution in [2.24, 2.45) is 5.92 Å². The summed E-state index contributed by atoms with van der Waals surface area (Å²) in [5, 5.41) is 0.457. The summed E-state index contributed by atoms with van der Waals surface area (Å²) in [5.74, 6) is 0.314. The zero-order valence-electron chi connectivity index (χ0n) is 14.4. The number of aromatic amines is 1. The van der Waals surface area contributed by atoms with Gasteiger partial charge in [-0.3, -0.25) is 9.59 Å². The predicted molar refractivity (Wildman–Crippen MR) is 93.8 cm³/mol. The Hall–Kier alpha value is -1.33. The topological polar surface area (TPSA) is 62.4 Å². The predicted octanol–water partition coefficient (Wildman–Crippen LogP) is 3.07. The second-order valence-corrected chi connectivity index (χ2v) is 7.41. The second kappa shape index (κ2) is 7.28. The molecule has 1 saturated carbocycles. The Bertz CT molecular complexity index is 676. The van der Waals surface area contributed by atoms with Crippen LogP contribution in [0.4, 0.5) is 0 Å². The van der Waals surface area contributed by atoms with E-state index in [-0.39, 0.29) is 23.1 Å². The molecule has 1 atom stereocenters. The molecule has 1 amide bonds. The normalized spacial score (nSPS) is 20.9. The average Bonchev–Trinajstić information content (AvgIpc) is 3.00. The molecule has 3 rings (SSSR count). The third-order valence-electron chi connectivity index (χ3n) is 5.21. The molecule has 1 saturated heterocycles. The quantitative estimate of drug-likeness (QED) is 0.885. The SMILES string of the molecule is Cc1[nH]c(=O)c(C(=O)N(CC2CCC2)C[C@H]2CCCO2)c(C)c1Cl. The number of halogens is 1. The van der Waals surface area contributed by atoms with Crippen molar-refractivity contribution in [2.75, 3.05) is 19.7 Å². The van der Waals surface area contributed by atoms with Gasteiger partial charge in [0.05, 0.1) is 11.1 Å². The number of aromatic nitrogens is 1. The lowest BCUT2D eigenvalue weighted by Gasteiger charge is -2.33. The number of rotatable bonds is 5. The zero-order chi connectivity index (χ0) is 17.3. The molecule has 132 valence electrons.